The second kappa shape index (κ2) is 5.33. The van der Waals surface area contributed by atoms with Crippen molar-refractivity contribution in [2.75, 3.05) is 13.1 Å². The first kappa shape index (κ1) is 15.0. The van der Waals surface area contributed by atoms with Gasteiger partial charge in [-0.05, 0) is 55.4 Å². The van der Waals surface area contributed by atoms with Gasteiger partial charge in [0.05, 0.1) is 0 Å². The summed E-state index contributed by atoms with van der Waals surface area (Å²) >= 11 is 0. The van der Waals surface area contributed by atoms with Crippen LogP contribution in [0.4, 0.5) is 0 Å². The number of amides is 2. The Hall–Kier alpha value is -2.34. The van der Waals surface area contributed by atoms with Crippen LogP contribution in [0.25, 0.3) is 10.8 Å². The average Bonchev–Trinajstić information content (AvgIpc) is 3.12. The third-order valence-corrected chi connectivity index (χ3v) is 5.77. The molecule has 1 aromatic heterocycles. The molecular formula is C19H21N3O3. The number of hydrogen-bond acceptors (Lipinski definition) is 4. The number of piperidine rings is 2. The summed E-state index contributed by atoms with van der Waals surface area (Å²) in [4.78, 5) is 23.4. The van der Waals surface area contributed by atoms with Crippen molar-refractivity contribution in [1.29, 1.82) is 0 Å². The fourth-order valence-electron chi connectivity index (χ4n) is 4.40. The van der Waals surface area contributed by atoms with E-state index in [4.69, 9.17) is 4.74 Å². The zero-order valence-corrected chi connectivity index (χ0v) is 14.0. The normalized spacial score (nSPS) is 25.0. The van der Waals surface area contributed by atoms with Crippen molar-refractivity contribution in [3.63, 3.8) is 0 Å². The minimum atomic E-state index is -0.309. The smallest absolute Gasteiger partial charge is 0.249 e. The first-order valence-electron chi connectivity index (χ1n) is 8.99. The van der Waals surface area contributed by atoms with Crippen LogP contribution in [0.3, 0.4) is 0 Å². The molecule has 6 nitrogen and oxygen atoms in total. The molecule has 1 aromatic carbocycles. The number of hydrogen-bond donors (Lipinski definition) is 2. The van der Waals surface area contributed by atoms with Crippen molar-refractivity contribution in [3.05, 3.63) is 30.1 Å². The van der Waals surface area contributed by atoms with E-state index >= 15 is 0 Å². The maximum atomic E-state index is 12.1. The van der Waals surface area contributed by atoms with E-state index in [0.29, 0.717) is 12.8 Å². The van der Waals surface area contributed by atoms with Crippen LogP contribution in [0.15, 0.2) is 24.5 Å². The lowest BCUT2D eigenvalue weighted by atomic mass is 9.88. The highest BCUT2D eigenvalue weighted by Crippen LogP contribution is 2.42. The summed E-state index contributed by atoms with van der Waals surface area (Å²) in [6.07, 6.45) is 8.00. The minimum absolute atomic E-state index is 0.0357. The molecule has 0 aliphatic carbocycles. The van der Waals surface area contributed by atoms with Gasteiger partial charge in [-0.15, -0.1) is 0 Å². The Morgan fingerprint density at radius 1 is 1.12 bits per heavy atom. The van der Waals surface area contributed by atoms with Crippen LogP contribution < -0.4 is 15.4 Å². The Morgan fingerprint density at radius 2 is 1.88 bits per heavy atom. The lowest BCUT2D eigenvalue weighted by Gasteiger charge is -2.33. The predicted octanol–water partition coefficient (Wildman–Crippen LogP) is 1.68. The Morgan fingerprint density at radius 3 is 2.64 bits per heavy atom. The van der Waals surface area contributed by atoms with Gasteiger partial charge in [0.15, 0.2) is 0 Å². The molecule has 2 fully saturated rings. The van der Waals surface area contributed by atoms with E-state index in [-0.39, 0.29) is 23.5 Å². The standard InChI is InChI=1S/C19H21N3O3/c23-17-2-1-15(18(24)21-17)22-10-13-7-12-9-19(3-5-20-6-4-19)25-16(12)8-14(13)11-22/h7-8,10-11,15,20H,1-6,9H2,(H,21,23,24). The topological polar surface area (TPSA) is 72.4 Å². The highest BCUT2D eigenvalue weighted by atomic mass is 16.5. The molecule has 1 unspecified atom stereocenters. The Labute approximate surface area is 145 Å². The van der Waals surface area contributed by atoms with E-state index in [0.717, 1.165) is 48.9 Å². The maximum absolute atomic E-state index is 12.1. The van der Waals surface area contributed by atoms with Gasteiger partial charge in [0, 0.05) is 30.6 Å². The fourth-order valence-corrected chi connectivity index (χ4v) is 4.40. The quantitative estimate of drug-likeness (QED) is 0.776. The fraction of sp³-hybridized carbons (Fsp3) is 0.474. The molecular weight excluding hydrogens is 318 g/mol. The van der Waals surface area contributed by atoms with Gasteiger partial charge in [-0.2, -0.15) is 0 Å². The summed E-state index contributed by atoms with van der Waals surface area (Å²) in [5.41, 5.74) is 1.22. The number of rotatable bonds is 1. The van der Waals surface area contributed by atoms with Crippen LogP contribution in [0.2, 0.25) is 0 Å². The van der Waals surface area contributed by atoms with Gasteiger partial charge in [0.25, 0.3) is 0 Å². The number of benzene rings is 1. The number of carbonyl (C=O) groups excluding carboxylic acids is 2. The van der Waals surface area contributed by atoms with Crippen LogP contribution in [0.1, 0.15) is 37.3 Å². The van der Waals surface area contributed by atoms with Gasteiger partial charge in [0.1, 0.15) is 17.4 Å². The van der Waals surface area contributed by atoms with E-state index in [2.05, 4.69) is 22.8 Å². The zero-order chi connectivity index (χ0) is 17.0. The van der Waals surface area contributed by atoms with E-state index < -0.39 is 0 Å². The second-order valence-electron chi connectivity index (χ2n) is 7.47. The summed E-state index contributed by atoms with van der Waals surface area (Å²) in [5.74, 6) is 0.585. The lowest BCUT2D eigenvalue weighted by molar-refractivity contribution is -0.135. The number of nitrogens with zero attached hydrogens (tertiary/aromatic N) is 1. The molecule has 3 aliphatic rings. The van der Waals surface area contributed by atoms with Crippen LogP contribution in [0, 0.1) is 0 Å². The molecule has 2 amide bonds. The zero-order valence-electron chi connectivity index (χ0n) is 14.0. The van der Waals surface area contributed by atoms with Crippen molar-refractivity contribution in [2.24, 2.45) is 0 Å². The summed E-state index contributed by atoms with van der Waals surface area (Å²) in [6.45, 7) is 2.02. The molecule has 25 heavy (non-hydrogen) atoms. The molecule has 2 N–H and O–H groups in total. The van der Waals surface area contributed by atoms with Crippen LogP contribution in [-0.2, 0) is 16.0 Å². The Kier molecular flexibility index (Phi) is 3.19. The summed E-state index contributed by atoms with van der Waals surface area (Å²) in [6, 6.07) is 3.99. The molecule has 2 aromatic rings. The van der Waals surface area contributed by atoms with Crippen molar-refractivity contribution < 1.29 is 14.3 Å². The van der Waals surface area contributed by atoms with E-state index in [9.17, 15) is 9.59 Å². The van der Waals surface area contributed by atoms with Gasteiger partial charge in [-0.25, -0.2) is 0 Å². The molecule has 3 aliphatic heterocycles. The molecule has 0 saturated carbocycles. The van der Waals surface area contributed by atoms with Gasteiger partial charge in [-0.3, -0.25) is 14.9 Å². The molecule has 6 heteroatoms. The third-order valence-electron chi connectivity index (χ3n) is 5.77. The minimum Gasteiger partial charge on any atom is -0.487 e. The molecule has 1 spiro atoms. The number of aromatic nitrogens is 1. The average molecular weight is 339 g/mol. The van der Waals surface area contributed by atoms with Gasteiger partial charge in [-0.1, -0.05) is 0 Å². The third kappa shape index (κ3) is 2.43. The summed E-state index contributed by atoms with van der Waals surface area (Å²) < 4.78 is 8.29. The first-order valence-corrected chi connectivity index (χ1v) is 8.99. The van der Waals surface area contributed by atoms with Crippen LogP contribution in [-0.4, -0.2) is 35.1 Å². The van der Waals surface area contributed by atoms with E-state index in [1.54, 1.807) is 0 Å². The molecule has 1 atom stereocenters. The number of ether oxygens (including phenoxy) is 1. The summed E-state index contributed by atoms with van der Waals surface area (Å²) in [7, 11) is 0. The van der Waals surface area contributed by atoms with Crippen molar-refractivity contribution in [1.82, 2.24) is 15.2 Å². The Balaban J connectivity index is 1.46. The van der Waals surface area contributed by atoms with Gasteiger partial charge >= 0.3 is 0 Å². The lowest BCUT2D eigenvalue weighted by Crippen LogP contribution is -2.45. The maximum Gasteiger partial charge on any atom is 0.249 e. The van der Waals surface area contributed by atoms with Crippen molar-refractivity contribution >= 4 is 22.6 Å². The largest absolute Gasteiger partial charge is 0.487 e. The SMILES string of the molecule is O=C1CCC(n2cc3cc4c(cc3c2)OC2(CCNCC2)C4)C(=O)N1. The second-order valence-corrected chi connectivity index (χ2v) is 7.47. The molecule has 4 heterocycles. The highest BCUT2D eigenvalue weighted by Gasteiger charge is 2.40. The van der Waals surface area contributed by atoms with Gasteiger partial charge < -0.3 is 14.6 Å². The number of fused-ring (bicyclic) bond motifs is 2. The molecule has 2 saturated heterocycles. The highest BCUT2D eigenvalue weighted by molar-refractivity contribution is 5.99. The number of nitrogens with one attached hydrogen (secondary N) is 2. The molecule has 0 bridgehead atoms. The first-order chi connectivity index (χ1) is 12.1. The van der Waals surface area contributed by atoms with E-state index in [1.807, 2.05) is 17.0 Å². The van der Waals surface area contributed by atoms with Crippen molar-refractivity contribution in [3.8, 4) is 5.75 Å². The molecule has 0 radical (unpaired) electrons. The number of imide groups is 1. The van der Waals surface area contributed by atoms with E-state index in [1.165, 1.54) is 5.56 Å². The number of carbonyl (C=O) groups is 2. The molecule has 130 valence electrons. The summed E-state index contributed by atoms with van der Waals surface area (Å²) in [5, 5.41) is 8.02. The van der Waals surface area contributed by atoms with Gasteiger partial charge in [0.2, 0.25) is 11.8 Å². The molecule has 5 rings (SSSR count). The van der Waals surface area contributed by atoms with Crippen LogP contribution >= 0.6 is 0 Å². The predicted molar refractivity (Wildman–Crippen MR) is 92.5 cm³/mol. The van der Waals surface area contributed by atoms with Crippen molar-refractivity contribution in [2.45, 2.75) is 43.7 Å². The van der Waals surface area contributed by atoms with Crippen LogP contribution in [0.5, 0.6) is 5.75 Å². The Bertz CT molecular complexity index is 834. The monoisotopic (exact) mass is 339 g/mol.